The van der Waals surface area contributed by atoms with Crippen molar-refractivity contribution in [1.82, 2.24) is 9.88 Å². The largest absolute Gasteiger partial charge is 0.497 e. The third-order valence-corrected chi connectivity index (χ3v) is 5.36. The molecule has 0 aliphatic carbocycles. The van der Waals surface area contributed by atoms with Crippen LogP contribution in [-0.4, -0.2) is 36.2 Å². The summed E-state index contributed by atoms with van der Waals surface area (Å²) in [5, 5.41) is 0.693. The summed E-state index contributed by atoms with van der Waals surface area (Å²) in [5.74, 6) is 0.609. The van der Waals surface area contributed by atoms with Crippen molar-refractivity contribution in [3.63, 3.8) is 0 Å². The standard InChI is InChI=1S/C23H24F2N2O2/c1-15-12-22(19-4-3-5-20(24)23(19)26-15)29-17-8-10-27(11-9-17)14-16-6-7-18(28-2)13-21(16)25/h3-7,12-13,17H,8-11,14H2,1-2H3. The lowest BCUT2D eigenvalue weighted by Crippen LogP contribution is -2.38. The van der Waals surface area contributed by atoms with Crippen LogP contribution in [0.25, 0.3) is 10.9 Å². The van der Waals surface area contributed by atoms with Crippen molar-refractivity contribution in [2.45, 2.75) is 32.4 Å². The van der Waals surface area contributed by atoms with Gasteiger partial charge in [-0.25, -0.2) is 13.8 Å². The Hall–Kier alpha value is -2.73. The molecule has 1 fully saturated rings. The van der Waals surface area contributed by atoms with Crippen molar-refractivity contribution in [2.75, 3.05) is 20.2 Å². The Morgan fingerprint density at radius 1 is 1.07 bits per heavy atom. The number of pyridine rings is 1. The van der Waals surface area contributed by atoms with E-state index in [0.717, 1.165) is 31.6 Å². The number of hydrogen-bond acceptors (Lipinski definition) is 4. The van der Waals surface area contributed by atoms with Crippen molar-refractivity contribution in [3.05, 3.63) is 65.4 Å². The first kappa shape index (κ1) is 19.6. The highest BCUT2D eigenvalue weighted by molar-refractivity contribution is 5.85. The van der Waals surface area contributed by atoms with Crippen LogP contribution >= 0.6 is 0 Å². The summed E-state index contributed by atoms with van der Waals surface area (Å²) in [6, 6.07) is 11.8. The molecule has 3 aromatic rings. The molecule has 152 valence electrons. The van der Waals surface area contributed by atoms with E-state index >= 15 is 0 Å². The maximum atomic E-state index is 14.2. The predicted octanol–water partition coefficient (Wildman–Crippen LogP) is 4.87. The average Bonchev–Trinajstić information content (AvgIpc) is 2.71. The second-order valence-electron chi connectivity index (χ2n) is 7.45. The van der Waals surface area contributed by atoms with Crippen LogP contribution in [0.5, 0.6) is 11.5 Å². The van der Waals surface area contributed by atoms with Crippen molar-refractivity contribution in [3.8, 4) is 11.5 Å². The molecule has 0 atom stereocenters. The zero-order valence-corrected chi connectivity index (χ0v) is 16.6. The highest BCUT2D eigenvalue weighted by atomic mass is 19.1. The van der Waals surface area contributed by atoms with Gasteiger partial charge >= 0.3 is 0 Å². The minimum absolute atomic E-state index is 0.0419. The number of benzene rings is 2. The van der Waals surface area contributed by atoms with E-state index in [1.165, 1.54) is 19.2 Å². The summed E-state index contributed by atoms with van der Waals surface area (Å²) < 4.78 is 39.6. The maximum absolute atomic E-state index is 14.2. The highest BCUT2D eigenvalue weighted by Gasteiger charge is 2.22. The monoisotopic (exact) mass is 398 g/mol. The number of aryl methyl sites for hydroxylation is 1. The van der Waals surface area contributed by atoms with Crippen LogP contribution < -0.4 is 9.47 Å². The minimum Gasteiger partial charge on any atom is -0.497 e. The lowest BCUT2D eigenvalue weighted by molar-refractivity contribution is 0.0972. The molecule has 0 bridgehead atoms. The average molecular weight is 398 g/mol. The number of hydrogen-bond donors (Lipinski definition) is 0. The number of nitrogens with zero attached hydrogens (tertiary/aromatic N) is 2. The van der Waals surface area contributed by atoms with E-state index in [1.54, 1.807) is 18.2 Å². The van der Waals surface area contributed by atoms with Crippen molar-refractivity contribution in [2.24, 2.45) is 0 Å². The van der Waals surface area contributed by atoms with Gasteiger partial charge in [-0.2, -0.15) is 0 Å². The number of rotatable bonds is 5. The van der Waals surface area contributed by atoms with Gasteiger partial charge in [0.2, 0.25) is 0 Å². The smallest absolute Gasteiger partial charge is 0.149 e. The number of para-hydroxylation sites is 1. The molecule has 1 saturated heterocycles. The van der Waals surface area contributed by atoms with Crippen LogP contribution in [0.2, 0.25) is 0 Å². The van der Waals surface area contributed by atoms with E-state index in [4.69, 9.17) is 9.47 Å². The van der Waals surface area contributed by atoms with Crippen LogP contribution in [-0.2, 0) is 6.54 Å². The summed E-state index contributed by atoms with van der Waals surface area (Å²) in [6.07, 6.45) is 1.70. The Morgan fingerprint density at radius 3 is 2.59 bits per heavy atom. The summed E-state index contributed by atoms with van der Waals surface area (Å²) in [4.78, 5) is 6.52. The van der Waals surface area contributed by atoms with Crippen LogP contribution in [0, 0.1) is 18.6 Å². The van der Waals surface area contributed by atoms with Gasteiger partial charge in [0.15, 0.2) is 0 Å². The van der Waals surface area contributed by atoms with Crippen molar-refractivity contribution >= 4 is 10.9 Å². The van der Waals surface area contributed by atoms with Gasteiger partial charge < -0.3 is 9.47 Å². The Kier molecular flexibility index (Phi) is 5.62. The van der Waals surface area contributed by atoms with Crippen LogP contribution in [0.1, 0.15) is 24.1 Å². The molecule has 0 unspecified atom stereocenters. The fraction of sp³-hybridized carbons (Fsp3) is 0.348. The molecule has 0 saturated carbocycles. The summed E-state index contributed by atoms with van der Waals surface area (Å²) in [6.45, 7) is 4.02. The molecule has 1 aliphatic rings. The van der Waals surface area contributed by atoms with E-state index in [-0.39, 0.29) is 17.7 Å². The normalized spacial score (nSPS) is 15.6. The molecule has 1 aromatic heterocycles. The van der Waals surface area contributed by atoms with Crippen LogP contribution in [0.15, 0.2) is 42.5 Å². The Bertz CT molecular complexity index is 1020. The van der Waals surface area contributed by atoms with Crippen molar-refractivity contribution < 1.29 is 18.3 Å². The number of likely N-dealkylation sites (tertiary alicyclic amines) is 1. The number of fused-ring (bicyclic) bond motifs is 1. The van der Waals surface area contributed by atoms with E-state index in [0.29, 0.717) is 34.5 Å². The quantitative estimate of drug-likeness (QED) is 0.614. The molecule has 1 aliphatic heterocycles. The zero-order valence-electron chi connectivity index (χ0n) is 16.6. The van der Waals surface area contributed by atoms with E-state index in [2.05, 4.69) is 9.88 Å². The summed E-state index contributed by atoms with van der Waals surface area (Å²) >= 11 is 0. The van der Waals surface area contributed by atoms with E-state index < -0.39 is 0 Å². The number of piperidine rings is 1. The summed E-state index contributed by atoms with van der Waals surface area (Å²) in [7, 11) is 1.53. The Balaban J connectivity index is 1.41. The third kappa shape index (κ3) is 4.32. The van der Waals surface area contributed by atoms with Crippen molar-refractivity contribution in [1.29, 1.82) is 0 Å². The minimum atomic E-state index is -0.340. The van der Waals surface area contributed by atoms with Gasteiger partial charge in [-0.05, 0) is 38.0 Å². The first-order chi connectivity index (χ1) is 14.0. The first-order valence-corrected chi connectivity index (χ1v) is 9.81. The SMILES string of the molecule is COc1ccc(CN2CCC(Oc3cc(C)nc4c(F)cccc34)CC2)c(F)c1. The molecular formula is C23H24F2N2O2. The molecule has 2 heterocycles. The molecule has 0 amide bonds. The fourth-order valence-corrected chi connectivity index (χ4v) is 3.79. The second kappa shape index (κ2) is 8.33. The number of ether oxygens (including phenoxy) is 2. The zero-order chi connectivity index (χ0) is 20.4. The fourth-order valence-electron chi connectivity index (χ4n) is 3.79. The predicted molar refractivity (Wildman–Crippen MR) is 108 cm³/mol. The Morgan fingerprint density at radius 2 is 1.86 bits per heavy atom. The van der Waals surface area contributed by atoms with Crippen LogP contribution in [0.3, 0.4) is 0 Å². The van der Waals surface area contributed by atoms with Gasteiger partial charge in [-0.15, -0.1) is 0 Å². The molecule has 4 rings (SSSR count). The van der Waals surface area contributed by atoms with Gasteiger partial charge in [0.05, 0.1) is 7.11 Å². The molecular weight excluding hydrogens is 374 g/mol. The lowest BCUT2D eigenvalue weighted by Gasteiger charge is -2.32. The van der Waals surface area contributed by atoms with Gasteiger partial charge in [-0.3, -0.25) is 4.90 Å². The van der Waals surface area contributed by atoms with E-state index in [1.807, 2.05) is 19.1 Å². The lowest BCUT2D eigenvalue weighted by atomic mass is 10.1. The van der Waals surface area contributed by atoms with E-state index in [9.17, 15) is 8.78 Å². The molecule has 0 spiro atoms. The molecule has 0 radical (unpaired) electrons. The number of methoxy groups -OCH3 is 1. The highest BCUT2D eigenvalue weighted by Crippen LogP contribution is 2.30. The summed E-state index contributed by atoms with van der Waals surface area (Å²) in [5.41, 5.74) is 1.73. The van der Waals surface area contributed by atoms with Gasteiger partial charge in [-0.1, -0.05) is 12.1 Å². The van der Waals surface area contributed by atoms with Crippen LogP contribution in [0.4, 0.5) is 8.78 Å². The molecule has 0 N–H and O–H groups in total. The number of halogens is 2. The topological polar surface area (TPSA) is 34.6 Å². The molecule has 2 aromatic carbocycles. The first-order valence-electron chi connectivity index (χ1n) is 9.81. The Labute approximate surface area is 169 Å². The second-order valence-corrected chi connectivity index (χ2v) is 7.45. The number of aromatic nitrogens is 1. The third-order valence-electron chi connectivity index (χ3n) is 5.36. The molecule has 6 heteroatoms. The van der Waals surface area contributed by atoms with Gasteiger partial charge in [0.1, 0.15) is 34.8 Å². The van der Waals surface area contributed by atoms with Gasteiger partial charge in [0.25, 0.3) is 0 Å². The molecule has 29 heavy (non-hydrogen) atoms. The van der Waals surface area contributed by atoms with Gasteiger partial charge in [0, 0.05) is 48.4 Å². The maximum Gasteiger partial charge on any atom is 0.149 e. The molecule has 4 nitrogen and oxygen atoms in total.